The Morgan fingerprint density at radius 3 is 2.53 bits per heavy atom. The summed E-state index contributed by atoms with van der Waals surface area (Å²) in [6, 6.07) is 8.07. The highest BCUT2D eigenvalue weighted by Crippen LogP contribution is 2.57. The minimum Gasteiger partial charge on any atom is -0.473 e. The number of ether oxygens (including phenoxy) is 2. The van der Waals surface area contributed by atoms with Gasteiger partial charge in [-0.05, 0) is 80.1 Å². The van der Waals surface area contributed by atoms with Crippen LogP contribution in [-0.4, -0.2) is 71.5 Å². The standard InChI is InChI=1S/C42H53N3O9S/c1-5-28-23-42(28,40(50)43-55(51,52)30-17-18-30)24-34(46)33-21-29-25-45(33)39(49)32(41(2,3)4)22-37(47)54-35-16-11-14-26(35)12-7-6-10-19-44-36(53-29)20-27-13-8-9-15-31(27)38(44)48/h5-9,13,15,20,26,28-30,32-33,35H,1,10-12,14,16-19,21-25H2,2-4H3,(H,43,50)/b7-6+/t26-,28-,29-,32?,33+,35-,42-/m1/s1. The van der Waals surface area contributed by atoms with Gasteiger partial charge in [-0.3, -0.25) is 33.3 Å². The van der Waals surface area contributed by atoms with Crippen LogP contribution >= 0.6 is 0 Å². The van der Waals surface area contributed by atoms with Gasteiger partial charge in [-0.15, -0.1) is 6.58 Å². The molecular formula is C42H53N3O9S. The number of hydrogen-bond donors (Lipinski definition) is 1. The van der Waals surface area contributed by atoms with Crippen molar-refractivity contribution in [1.82, 2.24) is 14.2 Å². The van der Waals surface area contributed by atoms with Gasteiger partial charge < -0.3 is 14.4 Å². The van der Waals surface area contributed by atoms with E-state index in [4.69, 9.17) is 9.47 Å². The molecule has 13 heteroatoms. The highest BCUT2D eigenvalue weighted by molar-refractivity contribution is 7.90. The van der Waals surface area contributed by atoms with Crippen molar-refractivity contribution in [1.29, 1.82) is 0 Å². The van der Waals surface area contributed by atoms with Crippen molar-refractivity contribution < 1.29 is 37.1 Å². The smallest absolute Gasteiger partial charge is 0.306 e. The van der Waals surface area contributed by atoms with Crippen molar-refractivity contribution in [2.75, 3.05) is 6.54 Å². The van der Waals surface area contributed by atoms with E-state index in [2.05, 4.69) is 17.4 Å². The molecule has 2 aliphatic heterocycles. The highest BCUT2D eigenvalue weighted by Gasteiger charge is 2.61. The van der Waals surface area contributed by atoms with E-state index in [1.807, 2.05) is 51.1 Å². The summed E-state index contributed by atoms with van der Waals surface area (Å²) < 4.78 is 42.1. The molecule has 1 aromatic heterocycles. The van der Waals surface area contributed by atoms with Crippen LogP contribution in [0.2, 0.25) is 0 Å². The number of pyridine rings is 1. The average Bonchev–Trinajstić information content (AvgIpc) is 4.02. The van der Waals surface area contributed by atoms with Crippen LogP contribution in [0.3, 0.4) is 0 Å². The Morgan fingerprint density at radius 1 is 1.05 bits per heavy atom. The highest BCUT2D eigenvalue weighted by atomic mass is 32.2. The second-order valence-electron chi connectivity index (χ2n) is 17.4. The molecule has 2 bridgehead atoms. The first-order valence-electron chi connectivity index (χ1n) is 19.8. The number of carbonyl (C=O) groups excluding carboxylic acids is 4. The van der Waals surface area contributed by atoms with E-state index < -0.39 is 73.7 Å². The Balaban J connectivity index is 1.24. The summed E-state index contributed by atoms with van der Waals surface area (Å²) in [5.41, 5.74) is -2.20. The normalized spacial score (nSPS) is 30.9. The fraction of sp³-hybridized carbons (Fsp3) is 0.595. The van der Waals surface area contributed by atoms with Crippen LogP contribution in [0.15, 0.2) is 59.9 Å². The fourth-order valence-electron chi connectivity index (χ4n) is 8.86. The summed E-state index contributed by atoms with van der Waals surface area (Å²) in [5.74, 6) is -2.76. The lowest BCUT2D eigenvalue weighted by atomic mass is 9.77. The van der Waals surface area contributed by atoms with Crippen molar-refractivity contribution in [3.63, 3.8) is 0 Å². The second-order valence-corrected chi connectivity index (χ2v) is 19.3. The maximum absolute atomic E-state index is 14.8. The number of ketones is 1. The Morgan fingerprint density at radius 2 is 1.82 bits per heavy atom. The van der Waals surface area contributed by atoms with Crippen molar-refractivity contribution in [2.45, 2.75) is 121 Å². The summed E-state index contributed by atoms with van der Waals surface area (Å²) in [6.07, 6.45) is 9.44. The van der Waals surface area contributed by atoms with Crippen molar-refractivity contribution in [3.05, 3.63) is 65.5 Å². The van der Waals surface area contributed by atoms with Crippen molar-refractivity contribution in [2.24, 2.45) is 28.6 Å². The number of sulfonamides is 1. The fourth-order valence-corrected chi connectivity index (χ4v) is 10.2. The molecular weight excluding hydrogens is 723 g/mol. The number of fused-ring (bicyclic) bond motifs is 5. The number of aromatic nitrogens is 1. The molecule has 2 aromatic rings. The van der Waals surface area contributed by atoms with Crippen molar-refractivity contribution >= 4 is 44.4 Å². The molecule has 5 aliphatic rings. The maximum atomic E-state index is 14.8. The van der Waals surface area contributed by atoms with E-state index in [1.54, 1.807) is 16.7 Å². The molecule has 7 rings (SSSR count). The Kier molecular flexibility index (Phi) is 10.6. The number of esters is 1. The topological polar surface area (TPSA) is 158 Å². The molecule has 2 amide bonds. The number of amides is 2. The summed E-state index contributed by atoms with van der Waals surface area (Å²) in [4.78, 5) is 71.9. The van der Waals surface area contributed by atoms with Crippen LogP contribution in [0.4, 0.5) is 0 Å². The number of nitrogens with zero attached hydrogens (tertiary/aromatic N) is 2. The Hall–Kier alpha value is -4.26. The van der Waals surface area contributed by atoms with Gasteiger partial charge >= 0.3 is 5.97 Å². The molecule has 3 heterocycles. The lowest BCUT2D eigenvalue weighted by Gasteiger charge is -2.35. The Bertz CT molecular complexity index is 2080. The molecule has 1 unspecified atom stereocenters. The SMILES string of the molecule is C=C[C@@H]1C[C@]1(CC(=O)[C@@H]1C[C@@H]2CN1C(=O)C(C(C)(C)C)CC(=O)O[C@@H]1CCC[C@H]1C/C=C/CCn1c(cc3ccccc3c1=O)O2)C(=O)NS(=O)(=O)C1CC1. The molecule has 3 aliphatic carbocycles. The summed E-state index contributed by atoms with van der Waals surface area (Å²) in [6.45, 7) is 9.81. The Labute approximate surface area is 322 Å². The van der Waals surface area contributed by atoms with Gasteiger partial charge in [-0.1, -0.05) is 57.2 Å². The van der Waals surface area contributed by atoms with Crippen molar-refractivity contribution in [3.8, 4) is 5.88 Å². The van der Waals surface area contributed by atoms with E-state index >= 15 is 0 Å². The van der Waals surface area contributed by atoms with Crippen LogP contribution < -0.4 is 15.0 Å². The number of Topliss-reactive ketones (excluding diaryl/α,β-unsaturated/α-hetero) is 1. The lowest BCUT2D eigenvalue weighted by Crippen LogP contribution is -2.48. The van der Waals surface area contributed by atoms with E-state index in [1.165, 1.54) is 4.90 Å². The first-order chi connectivity index (χ1) is 26.1. The molecule has 55 heavy (non-hydrogen) atoms. The number of allylic oxidation sites excluding steroid dienone is 3. The summed E-state index contributed by atoms with van der Waals surface area (Å²) >= 11 is 0. The second kappa shape index (κ2) is 15.0. The quantitative estimate of drug-likeness (QED) is 0.294. The third-order valence-corrected chi connectivity index (χ3v) is 14.3. The van der Waals surface area contributed by atoms with E-state index in [-0.39, 0.29) is 49.8 Å². The first kappa shape index (κ1) is 39.0. The third kappa shape index (κ3) is 8.04. The monoisotopic (exact) mass is 775 g/mol. The van der Waals surface area contributed by atoms with Gasteiger partial charge in [0.25, 0.3) is 5.56 Å². The minimum atomic E-state index is -3.87. The molecule has 1 saturated heterocycles. The number of nitrogens with one attached hydrogen (secondary N) is 1. The zero-order valence-electron chi connectivity index (χ0n) is 32.0. The number of hydrogen-bond acceptors (Lipinski definition) is 9. The van der Waals surface area contributed by atoms with Gasteiger partial charge in [0.2, 0.25) is 21.8 Å². The first-order valence-corrected chi connectivity index (χ1v) is 21.3. The minimum absolute atomic E-state index is 0.00261. The molecule has 7 atom stereocenters. The molecule has 4 fully saturated rings. The summed E-state index contributed by atoms with van der Waals surface area (Å²) in [5, 5.41) is 0.634. The molecule has 0 spiro atoms. The third-order valence-electron chi connectivity index (χ3n) is 12.5. The molecule has 0 radical (unpaired) electrons. The zero-order valence-corrected chi connectivity index (χ0v) is 32.9. The van der Waals surface area contributed by atoms with Crippen LogP contribution in [0.5, 0.6) is 5.88 Å². The molecule has 3 saturated carbocycles. The van der Waals surface area contributed by atoms with Crippen LogP contribution in [0.1, 0.15) is 91.4 Å². The number of rotatable bonds is 7. The molecule has 1 aromatic carbocycles. The molecule has 12 nitrogen and oxygen atoms in total. The van der Waals surface area contributed by atoms with Gasteiger partial charge in [-0.25, -0.2) is 8.42 Å². The number of carbonyl (C=O) groups is 4. The van der Waals surface area contributed by atoms with Gasteiger partial charge in [0.1, 0.15) is 12.2 Å². The van der Waals surface area contributed by atoms with E-state index in [9.17, 15) is 32.4 Å². The van der Waals surface area contributed by atoms with Gasteiger partial charge in [0.15, 0.2) is 11.7 Å². The van der Waals surface area contributed by atoms with Gasteiger partial charge in [-0.2, -0.15) is 0 Å². The number of benzene rings is 1. The average molecular weight is 776 g/mol. The lowest BCUT2D eigenvalue weighted by molar-refractivity contribution is -0.158. The molecule has 1 N–H and O–H groups in total. The summed E-state index contributed by atoms with van der Waals surface area (Å²) in [7, 11) is -3.87. The predicted molar refractivity (Wildman–Crippen MR) is 206 cm³/mol. The van der Waals surface area contributed by atoms with Crippen LogP contribution in [-0.2, 0) is 40.5 Å². The van der Waals surface area contributed by atoms with Gasteiger partial charge in [0, 0.05) is 30.8 Å². The largest absolute Gasteiger partial charge is 0.473 e. The predicted octanol–water partition coefficient (Wildman–Crippen LogP) is 5.22. The van der Waals surface area contributed by atoms with Crippen LogP contribution in [0.25, 0.3) is 10.8 Å². The molecule has 296 valence electrons. The van der Waals surface area contributed by atoms with Gasteiger partial charge in [0.05, 0.1) is 35.6 Å². The zero-order chi connectivity index (χ0) is 39.3. The maximum Gasteiger partial charge on any atom is 0.306 e. The van der Waals surface area contributed by atoms with E-state index in [0.29, 0.717) is 42.5 Å². The van der Waals surface area contributed by atoms with Crippen LogP contribution in [0, 0.1) is 28.6 Å². The van der Waals surface area contributed by atoms with E-state index in [0.717, 1.165) is 25.7 Å².